The fourth-order valence-corrected chi connectivity index (χ4v) is 1.67. The van der Waals surface area contributed by atoms with Gasteiger partial charge in [-0.3, -0.25) is 9.36 Å². The summed E-state index contributed by atoms with van der Waals surface area (Å²) in [6, 6.07) is 5.17. The van der Waals surface area contributed by atoms with E-state index < -0.39 is 0 Å². The number of aromatic nitrogens is 2. The Kier molecular flexibility index (Phi) is 3.39. The second kappa shape index (κ2) is 4.97. The molecule has 2 rings (SSSR count). The van der Waals surface area contributed by atoms with Gasteiger partial charge in [0.1, 0.15) is 5.75 Å². The van der Waals surface area contributed by atoms with Gasteiger partial charge in [-0.1, -0.05) is 0 Å². The number of hydrogen-bond acceptors (Lipinski definition) is 4. The zero-order chi connectivity index (χ0) is 12.3. The first-order valence-electron chi connectivity index (χ1n) is 5.40. The highest BCUT2D eigenvalue weighted by Crippen LogP contribution is 2.15. The number of fused-ring (bicyclic) bond motifs is 1. The standard InChI is InChI=1S/C12H14N2O3/c1-17-9-3-4-10-11(7-9)13-8-14(12(10)16)5-2-6-15/h3-4,7-8,15H,2,5-6H2,1H3. The fourth-order valence-electron chi connectivity index (χ4n) is 1.67. The third-order valence-electron chi connectivity index (χ3n) is 2.59. The Bertz CT molecular complexity index is 577. The zero-order valence-electron chi connectivity index (χ0n) is 9.59. The van der Waals surface area contributed by atoms with E-state index in [0.29, 0.717) is 29.6 Å². The van der Waals surface area contributed by atoms with Crippen LogP contribution in [-0.4, -0.2) is 28.4 Å². The minimum absolute atomic E-state index is 0.0626. The highest BCUT2D eigenvalue weighted by molar-refractivity contribution is 5.78. The van der Waals surface area contributed by atoms with Crippen LogP contribution in [0.4, 0.5) is 0 Å². The minimum Gasteiger partial charge on any atom is -0.497 e. The maximum absolute atomic E-state index is 12.0. The monoisotopic (exact) mass is 234 g/mol. The average Bonchev–Trinajstić information content (AvgIpc) is 2.37. The van der Waals surface area contributed by atoms with Gasteiger partial charge in [-0.15, -0.1) is 0 Å². The average molecular weight is 234 g/mol. The number of aliphatic hydroxyl groups excluding tert-OH is 1. The van der Waals surface area contributed by atoms with Crippen molar-refractivity contribution in [3.8, 4) is 5.75 Å². The van der Waals surface area contributed by atoms with E-state index in [4.69, 9.17) is 9.84 Å². The van der Waals surface area contributed by atoms with Gasteiger partial charge in [-0.2, -0.15) is 0 Å². The van der Waals surface area contributed by atoms with E-state index in [1.54, 1.807) is 25.3 Å². The predicted molar refractivity (Wildman–Crippen MR) is 64.3 cm³/mol. The van der Waals surface area contributed by atoms with E-state index in [-0.39, 0.29) is 12.2 Å². The zero-order valence-corrected chi connectivity index (χ0v) is 9.59. The van der Waals surface area contributed by atoms with Crippen molar-refractivity contribution in [2.75, 3.05) is 13.7 Å². The fraction of sp³-hybridized carbons (Fsp3) is 0.333. The lowest BCUT2D eigenvalue weighted by Gasteiger charge is -2.06. The number of methoxy groups -OCH3 is 1. The summed E-state index contributed by atoms with van der Waals surface area (Å²) in [7, 11) is 1.57. The number of nitrogens with zero attached hydrogens (tertiary/aromatic N) is 2. The number of benzene rings is 1. The first-order chi connectivity index (χ1) is 8.26. The van der Waals surface area contributed by atoms with E-state index in [2.05, 4.69) is 4.98 Å². The van der Waals surface area contributed by atoms with Crippen molar-refractivity contribution in [2.45, 2.75) is 13.0 Å². The Hall–Kier alpha value is -1.88. The first-order valence-corrected chi connectivity index (χ1v) is 5.40. The van der Waals surface area contributed by atoms with Gasteiger partial charge in [0.2, 0.25) is 0 Å². The molecule has 0 aliphatic carbocycles. The Morgan fingerprint density at radius 2 is 2.29 bits per heavy atom. The molecular formula is C12H14N2O3. The molecule has 0 bridgehead atoms. The summed E-state index contributed by atoms with van der Waals surface area (Å²) in [5, 5.41) is 9.31. The number of rotatable bonds is 4. The van der Waals surface area contributed by atoms with Crippen LogP contribution in [0.1, 0.15) is 6.42 Å². The van der Waals surface area contributed by atoms with Crippen molar-refractivity contribution in [1.29, 1.82) is 0 Å². The van der Waals surface area contributed by atoms with Crippen molar-refractivity contribution in [1.82, 2.24) is 9.55 Å². The molecule has 0 amide bonds. The Balaban J connectivity index is 2.49. The van der Waals surface area contributed by atoms with Crippen LogP contribution in [0.15, 0.2) is 29.3 Å². The summed E-state index contributed by atoms with van der Waals surface area (Å²) in [4.78, 5) is 16.2. The van der Waals surface area contributed by atoms with Crippen LogP contribution in [0.25, 0.3) is 10.9 Å². The molecule has 1 N–H and O–H groups in total. The van der Waals surface area contributed by atoms with E-state index in [0.717, 1.165) is 0 Å². The SMILES string of the molecule is COc1ccc2c(=O)n(CCCO)cnc2c1. The molecule has 0 radical (unpaired) electrons. The maximum Gasteiger partial charge on any atom is 0.261 e. The summed E-state index contributed by atoms with van der Waals surface area (Å²) in [5.74, 6) is 0.678. The third kappa shape index (κ3) is 2.29. The van der Waals surface area contributed by atoms with E-state index >= 15 is 0 Å². The van der Waals surface area contributed by atoms with Gasteiger partial charge in [0.05, 0.1) is 24.3 Å². The van der Waals surface area contributed by atoms with Gasteiger partial charge in [-0.25, -0.2) is 4.98 Å². The van der Waals surface area contributed by atoms with Crippen LogP contribution in [0.5, 0.6) is 5.75 Å². The lowest BCUT2D eigenvalue weighted by atomic mass is 10.2. The summed E-state index contributed by atoms with van der Waals surface area (Å²) >= 11 is 0. The van der Waals surface area contributed by atoms with Crippen molar-refractivity contribution >= 4 is 10.9 Å². The predicted octanol–water partition coefficient (Wildman–Crippen LogP) is 0.787. The van der Waals surface area contributed by atoms with Crippen molar-refractivity contribution in [3.63, 3.8) is 0 Å². The van der Waals surface area contributed by atoms with E-state index in [9.17, 15) is 4.79 Å². The normalized spacial score (nSPS) is 10.7. The largest absolute Gasteiger partial charge is 0.497 e. The third-order valence-corrected chi connectivity index (χ3v) is 2.59. The molecule has 0 saturated carbocycles. The molecule has 5 nitrogen and oxygen atoms in total. The van der Waals surface area contributed by atoms with Crippen LogP contribution in [0.2, 0.25) is 0 Å². The topological polar surface area (TPSA) is 64.3 Å². The molecular weight excluding hydrogens is 220 g/mol. The van der Waals surface area contributed by atoms with Crippen LogP contribution in [0.3, 0.4) is 0 Å². The van der Waals surface area contributed by atoms with Gasteiger partial charge < -0.3 is 9.84 Å². The molecule has 0 aliphatic rings. The van der Waals surface area contributed by atoms with Gasteiger partial charge >= 0.3 is 0 Å². The first kappa shape index (κ1) is 11.6. The van der Waals surface area contributed by atoms with Crippen molar-refractivity contribution < 1.29 is 9.84 Å². The molecule has 90 valence electrons. The molecule has 17 heavy (non-hydrogen) atoms. The van der Waals surface area contributed by atoms with Crippen molar-refractivity contribution in [2.24, 2.45) is 0 Å². The Morgan fingerprint density at radius 3 is 3.00 bits per heavy atom. The quantitative estimate of drug-likeness (QED) is 0.849. The number of ether oxygens (including phenoxy) is 1. The second-order valence-corrected chi connectivity index (χ2v) is 3.70. The summed E-state index contributed by atoms with van der Waals surface area (Å²) < 4.78 is 6.58. The number of aryl methyl sites for hydroxylation is 1. The van der Waals surface area contributed by atoms with Crippen LogP contribution in [-0.2, 0) is 6.54 Å². The highest BCUT2D eigenvalue weighted by atomic mass is 16.5. The van der Waals surface area contributed by atoms with E-state index in [1.807, 2.05) is 0 Å². The minimum atomic E-state index is -0.0916. The smallest absolute Gasteiger partial charge is 0.261 e. The van der Waals surface area contributed by atoms with Crippen molar-refractivity contribution in [3.05, 3.63) is 34.9 Å². The van der Waals surface area contributed by atoms with Crippen LogP contribution < -0.4 is 10.3 Å². The van der Waals surface area contributed by atoms with Gasteiger partial charge in [0, 0.05) is 19.2 Å². The Morgan fingerprint density at radius 1 is 1.47 bits per heavy atom. The lowest BCUT2D eigenvalue weighted by Crippen LogP contribution is -2.21. The molecule has 2 aromatic rings. The second-order valence-electron chi connectivity index (χ2n) is 3.70. The molecule has 1 heterocycles. The van der Waals surface area contributed by atoms with Gasteiger partial charge in [-0.05, 0) is 18.6 Å². The molecule has 5 heteroatoms. The molecule has 0 aliphatic heterocycles. The molecule has 1 aromatic carbocycles. The molecule has 0 saturated heterocycles. The van der Waals surface area contributed by atoms with E-state index in [1.165, 1.54) is 10.9 Å². The lowest BCUT2D eigenvalue weighted by molar-refractivity contribution is 0.279. The Labute approximate surface area is 98.3 Å². The summed E-state index contributed by atoms with van der Waals surface area (Å²) in [6.45, 7) is 0.539. The number of hydrogen-bond donors (Lipinski definition) is 1. The number of aliphatic hydroxyl groups is 1. The summed E-state index contributed by atoms with van der Waals surface area (Å²) in [6.07, 6.45) is 2.04. The van der Waals surface area contributed by atoms with Crippen LogP contribution >= 0.6 is 0 Å². The molecule has 0 unspecified atom stereocenters. The summed E-state index contributed by atoms with van der Waals surface area (Å²) in [5.41, 5.74) is 0.528. The highest BCUT2D eigenvalue weighted by Gasteiger charge is 2.04. The van der Waals surface area contributed by atoms with Gasteiger partial charge in [0.25, 0.3) is 5.56 Å². The molecule has 0 fully saturated rings. The maximum atomic E-state index is 12.0. The van der Waals surface area contributed by atoms with Gasteiger partial charge in [0.15, 0.2) is 0 Å². The molecule has 0 atom stereocenters. The molecule has 1 aromatic heterocycles. The van der Waals surface area contributed by atoms with Crippen LogP contribution in [0, 0.1) is 0 Å². The molecule has 0 spiro atoms.